The molecule has 0 fully saturated rings. The van der Waals surface area contributed by atoms with E-state index in [-0.39, 0.29) is 6.42 Å². The van der Waals surface area contributed by atoms with E-state index >= 15 is 0 Å². The second-order valence-electron chi connectivity index (χ2n) is 2.09. The Bertz CT molecular complexity index is 295. The average molecular weight is 185 g/mol. The van der Waals surface area contributed by atoms with Gasteiger partial charge < -0.3 is 10.4 Å². The smallest absolute Gasteiger partial charge is 0.308 e. The fourth-order valence-electron chi connectivity index (χ4n) is 0.807. The summed E-state index contributed by atoms with van der Waals surface area (Å²) in [5.41, 5.74) is 0.581. The van der Waals surface area contributed by atoms with Gasteiger partial charge in [-0.25, -0.2) is 0 Å². The minimum Gasteiger partial charge on any atom is -0.481 e. The highest BCUT2D eigenvalue weighted by Crippen LogP contribution is 2.21. The number of carbonyl (C=O) groups is 2. The summed E-state index contributed by atoms with van der Waals surface area (Å²) >= 11 is 1.32. The Labute approximate surface area is 72.8 Å². The molecule has 0 aliphatic carbocycles. The lowest BCUT2D eigenvalue weighted by Crippen LogP contribution is -2.01. The van der Waals surface area contributed by atoms with Gasteiger partial charge in [-0.2, -0.15) is 0 Å². The molecule has 0 aliphatic heterocycles. The maximum absolute atomic E-state index is 10.3. The Kier molecular flexibility index (Phi) is 2.82. The zero-order chi connectivity index (χ0) is 8.97. The molecule has 0 aliphatic rings. The van der Waals surface area contributed by atoms with Crippen LogP contribution in [-0.2, 0) is 16.0 Å². The number of carboxylic acids is 1. The average Bonchev–Trinajstić information content (AvgIpc) is 2.37. The fraction of sp³-hybridized carbons (Fsp3) is 0.143. The van der Waals surface area contributed by atoms with E-state index in [1.165, 1.54) is 11.3 Å². The van der Waals surface area contributed by atoms with Gasteiger partial charge >= 0.3 is 5.97 Å². The maximum atomic E-state index is 10.3. The van der Waals surface area contributed by atoms with Crippen LogP contribution in [0.5, 0.6) is 0 Å². The summed E-state index contributed by atoms with van der Waals surface area (Å²) in [6.07, 6.45) is 0.487. The second-order valence-corrected chi connectivity index (χ2v) is 3.09. The number of nitrogens with one attached hydrogen (secondary N) is 1. The molecule has 1 aromatic heterocycles. The van der Waals surface area contributed by atoms with Crippen molar-refractivity contribution in [2.45, 2.75) is 6.42 Å². The van der Waals surface area contributed by atoms with Gasteiger partial charge in [-0.05, 0) is 11.4 Å². The van der Waals surface area contributed by atoms with Crippen molar-refractivity contribution in [1.29, 1.82) is 0 Å². The maximum Gasteiger partial charge on any atom is 0.308 e. The molecule has 0 saturated heterocycles. The first kappa shape index (κ1) is 8.73. The summed E-state index contributed by atoms with van der Waals surface area (Å²) < 4.78 is 0. The number of hydrogen-bond donors (Lipinski definition) is 2. The highest BCUT2D eigenvalue weighted by atomic mass is 32.1. The normalized spacial score (nSPS) is 9.33. The van der Waals surface area contributed by atoms with Crippen molar-refractivity contribution in [3.63, 3.8) is 0 Å². The third-order valence-electron chi connectivity index (χ3n) is 1.27. The Morgan fingerprint density at radius 1 is 1.75 bits per heavy atom. The molecule has 0 spiro atoms. The van der Waals surface area contributed by atoms with Crippen LogP contribution in [0.3, 0.4) is 0 Å². The molecule has 1 aromatic rings. The first-order valence-corrected chi connectivity index (χ1v) is 4.10. The number of aliphatic carboxylic acids is 1. The van der Waals surface area contributed by atoms with Crippen LogP contribution in [0.25, 0.3) is 0 Å². The first-order chi connectivity index (χ1) is 5.74. The van der Waals surface area contributed by atoms with Crippen LogP contribution in [0, 0.1) is 0 Å². The quantitative estimate of drug-likeness (QED) is 0.686. The van der Waals surface area contributed by atoms with Crippen molar-refractivity contribution in [3.8, 4) is 0 Å². The van der Waals surface area contributed by atoms with E-state index in [0.29, 0.717) is 17.0 Å². The third-order valence-corrected chi connectivity index (χ3v) is 2.19. The van der Waals surface area contributed by atoms with Gasteiger partial charge in [-0.3, -0.25) is 9.59 Å². The second kappa shape index (κ2) is 3.87. The van der Waals surface area contributed by atoms with Gasteiger partial charge in [-0.1, -0.05) is 0 Å². The van der Waals surface area contributed by atoms with Crippen molar-refractivity contribution in [3.05, 3.63) is 16.3 Å². The van der Waals surface area contributed by atoms with Crippen LogP contribution >= 0.6 is 11.3 Å². The number of anilines is 1. The van der Waals surface area contributed by atoms with Crippen LogP contribution in [0.1, 0.15) is 4.88 Å². The number of carbonyl (C=O) groups excluding carboxylic acids is 1. The van der Waals surface area contributed by atoms with Crippen LogP contribution in [0.4, 0.5) is 5.69 Å². The van der Waals surface area contributed by atoms with E-state index < -0.39 is 5.97 Å². The Hall–Kier alpha value is -1.36. The van der Waals surface area contributed by atoms with Gasteiger partial charge in [0.2, 0.25) is 6.41 Å². The van der Waals surface area contributed by atoms with Crippen LogP contribution in [0.2, 0.25) is 0 Å². The predicted octanol–water partition coefficient (Wildman–Crippen LogP) is 0.944. The van der Waals surface area contributed by atoms with Gasteiger partial charge in [0.15, 0.2) is 0 Å². The van der Waals surface area contributed by atoms with Crippen molar-refractivity contribution < 1.29 is 14.7 Å². The Balaban J connectivity index is 2.76. The molecule has 0 saturated carbocycles. The molecule has 0 bridgehead atoms. The number of rotatable bonds is 4. The van der Waals surface area contributed by atoms with E-state index in [1.54, 1.807) is 11.4 Å². The number of hydrogen-bond acceptors (Lipinski definition) is 3. The Morgan fingerprint density at radius 3 is 3.08 bits per heavy atom. The van der Waals surface area contributed by atoms with E-state index in [1.807, 2.05) is 0 Å². The molecular weight excluding hydrogens is 178 g/mol. The zero-order valence-electron chi connectivity index (χ0n) is 6.11. The monoisotopic (exact) mass is 185 g/mol. The topological polar surface area (TPSA) is 66.4 Å². The summed E-state index contributed by atoms with van der Waals surface area (Å²) in [7, 11) is 0. The number of thiophene rings is 1. The van der Waals surface area contributed by atoms with Gasteiger partial charge in [0, 0.05) is 4.88 Å². The molecule has 5 heteroatoms. The third kappa shape index (κ3) is 2.06. The number of amides is 1. The molecule has 0 radical (unpaired) electrons. The van der Waals surface area contributed by atoms with Crippen molar-refractivity contribution in [1.82, 2.24) is 0 Å². The molecule has 64 valence electrons. The SMILES string of the molecule is O=CNc1ccsc1CC(=O)O. The molecule has 1 rings (SSSR count). The van der Waals surface area contributed by atoms with E-state index in [4.69, 9.17) is 5.11 Å². The molecule has 1 heterocycles. The lowest BCUT2D eigenvalue weighted by atomic mass is 10.3. The van der Waals surface area contributed by atoms with Gasteiger partial charge in [0.1, 0.15) is 0 Å². The predicted molar refractivity (Wildman–Crippen MR) is 45.3 cm³/mol. The van der Waals surface area contributed by atoms with Gasteiger partial charge in [0.05, 0.1) is 12.1 Å². The van der Waals surface area contributed by atoms with Crippen LogP contribution in [-0.4, -0.2) is 17.5 Å². The summed E-state index contributed by atoms with van der Waals surface area (Å²) in [6, 6.07) is 1.68. The molecule has 12 heavy (non-hydrogen) atoms. The molecule has 0 aromatic carbocycles. The zero-order valence-corrected chi connectivity index (χ0v) is 6.93. The summed E-state index contributed by atoms with van der Waals surface area (Å²) in [6.45, 7) is 0. The van der Waals surface area contributed by atoms with Gasteiger partial charge in [-0.15, -0.1) is 11.3 Å². The van der Waals surface area contributed by atoms with Crippen LogP contribution < -0.4 is 5.32 Å². The minimum atomic E-state index is -0.897. The molecule has 0 atom stereocenters. The molecule has 2 N–H and O–H groups in total. The largest absolute Gasteiger partial charge is 0.481 e. The van der Waals surface area contributed by atoms with E-state index in [9.17, 15) is 9.59 Å². The standard InChI is InChI=1S/C7H7NO3S/c9-4-8-5-1-2-12-6(5)3-7(10)11/h1-2,4H,3H2,(H,8,9)(H,10,11). The molecule has 0 unspecified atom stereocenters. The minimum absolute atomic E-state index is 0.0478. The first-order valence-electron chi connectivity index (χ1n) is 3.22. The Morgan fingerprint density at radius 2 is 2.50 bits per heavy atom. The van der Waals surface area contributed by atoms with Crippen molar-refractivity contribution in [2.24, 2.45) is 0 Å². The molecule has 4 nitrogen and oxygen atoms in total. The highest BCUT2D eigenvalue weighted by Gasteiger charge is 2.06. The van der Waals surface area contributed by atoms with E-state index in [0.717, 1.165) is 0 Å². The van der Waals surface area contributed by atoms with Crippen molar-refractivity contribution >= 4 is 29.4 Å². The lowest BCUT2D eigenvalue weighted by Gasteiger charge is -1.97. The van der Waals surface area contributed by atoms with Crippen LogP contribution in [0.15, 0.2) is 11.4 Å². The molecule has 1 amide bonds. The van der Waals surface area contributed by atoms with Crippen molar-refractivity contribution in [2.75, 3.05) is 5.32 Å². The lowest BCUT2D eigenvalue weighted by molar-refractivity contribution is -0.136. The summed E-state index contributed by atoms with van der Waals surface area (Å²) in [5.74, 6) is -0.897. The van der Waals surface area contributed by atoms with E-state index in [2.05, 4.69) is 5.32 Å². The fourth-order valence-corrected chi connectivity index (χ4v) is 1.64. The highest BCUT2D eigenvalue weighted by molar-refractivity contribution is 7.10. The number of carboxylic acid groups (broad SMARTS) is 1. The summed E-state index contributed by atoms with van der Waals surface area (Å²) in [4.78, 5) is 21.0. The van der Waals surface area contributed by atoms with Gasteiger partial charge in [0.25, 0.3) is 0 Å². The summed E-state index contributed by atoms with van der Waals surface area (Å²) in [5, 5.41) is 12.6. The molecular formula is C7H7NO3S.